The van der Waals surface area contributed by atoms with Gasteiger partial charge in [0.1, 0.15) is 5.01 Å². The Labute approximate surface area is 124 Å². The first kappa shape index (κ1) is 14.7. The lowest BCUT2D eigenvalue weighted by Gasteiger charge is -2.14. The van der Waals surface area contributed by atoms with Crippen LogP contribution in [0.5, 0.6) is 0 Å². The zero-order chi connectivity index (χ0) is 14.8. The summed E-state index contributed by atoms with van der Waals surface area (Å²) in [5.74, 6) is 0.236. The number of nitrogens with one attached hydrogen (secondary N) is 1. The Kier molecular flexibility index (Phi) is 4.23. The van der Waals surface area contributed by atoms with Crippen LogP contribution in [-0.2, 0) is 11.8 Å². The largest absolute Gasteiger partial charge is 0.388 e. The second-order valence-corrected chi connectivity index (χ2v) is 6.87. The molecule has 3 nitrogen and oxygen atoms in total. The summed E-state index contributed by atoms with van der Waals surface area (Å²) in [6, 6.07) is 8.35. The Morgan fingerprint density at radius 1 is 1.35 bits per heavy atom. The van der Waals surface area contributed by atoms with E-state index in [1.165, 1.54) is 5.56 Å². The van der Waals surface area contributed by atoms with Crippen molar-refractivity contribution in [3.05, 3.63) is 40.9 Å². The van der Waals surface area contributed by atoms with Crippen molar-refractivity contribution in [3.63, 3.8) is 0 Å². The molecule has 0 aliphatic heterocycles. The summed E-state index contributed by atoms with van der Waals surface area (Å²) in [7, 11) is 0. The molecule has 0 aliphatic rings. The van der Waals surface area contributed by atoms with Gasteiger partial charge in [0.25, 0.3) is 0 Å². The number of hydrogen-bond donors (Lipinski definition) is 2. The molecule has 0 unspecified atom stereocenters. The van der Waals surface area contributed by atoms with Crippen LogP contribution in [0.4, 0.5) is 0 Å². The molecule has 3 N–H and O–H groups in total. The molecule has 4 heteroatoms. The van der Waals surface area contributed by atoms with E-state index >= 15 is 0 Å². The van der Waals surface area contributed by atoms with E-state index in [0.717, 1.165) is 22.7 Å². The Morgan fingerprint density at radius 2 is 2.10 bits per heavy atom. The quantitative estimate of drug-likeness (QED) is 0.660. The first-order chi connectivity index (χ1) is 9.36. The predicted octanol–water partition coefficient (Wildman–Crippen LogP) is 3.98. The summed E-state index contributed by atoms with van der Waals surface area (Å²) in [4.78, 5) is 4.74. The maximum absolute atomic E-state index is 7.30. The molecular formula is C16H21N3S. The zero-order valence-corrected chi connectivity index (χ0v) is 13.1. The first-order valence-corrected chi connectivity index (χ1v) is 7.62. The fourth-order valence-electron chi connectivity index (χ4n) is 1.89. The minimum absolute atomic E-state index is 0.0843. The number of thiazole rings is 1. The van der Waals surface area contributed by atoms with Crippen LogP contribution in [-0.4, -0.2) is 10.8 Å². The molecule has 0 saturated carbocycles. The monoisotopic (exact) mass is 287 g/mol. The average molecular weight is 287 g/mol. The van der Waals surface area contributed by atoms with Crippen molar-refractivity contribution in [3.8, 4) is 10.6 Å². The van der Waals surface area contributed by atoms with Crippen LogP contribution in [0.15, 0.2) is 29.6 Å². The summed E-state index contributed by atoms with van der Waals surface area (Å²) in [5, 5.41) is 10.5. The number of hydrogen-bond acceptors (Lipinski definition) is 3. The molecular weight excluding hydrogens is 266 g/mol. The van der Waals surface area contributed by atoms with Crippen molar-refractivity contribution in [2.24, 2.45) is 5.73 Å². The van der Waals surface area contributed by atoms with E-state index in [9.17, 15) is 0 Å². The van der Waals surface area contributed by atoms with Crippen molar-refractivity contribution in [2.75, 3.05) is 0 Å². The highest BCUT2D eigenvalue weighted by Crippen LogP contribution is 2.30. The number of aryl methyl sites for hydroxylation is 1. The number of amidine groups is 1. The lowest BCUT2D eigenvalue weighted by molar-refractivity contribution is 0.573. The van der Waals surface area contributed by atoms with Crippen molar-refractivity contribution < 1.29 is 0 Å². The summed E-state index contributed by atoms with van der Waals surface area (Å²) >= 11 is 1.68. The lowest BCUT2D eigenvalue weighted by atomic mass is 9.93. The summed E-state index contributed by atoms with van der Waals surface area (Å²) in [5.41, 5.74) is 8.97. The molecule has 0 spiro atoms. The first-order valence-electron chi connectivity index (χ1n) is 6.74. The minimum Gasteiger partial charge on any atom is -0.388 e. The number of nitrogens with two attached hydrogens (primary N) is 1. The van der Waals surface area contributed by atoms with Gasteiger partial charge in [-0.15, -0.1) is 11.3 Å². The maximum Gasteiger partial charge on any atom is 0.123 e. The van der Waals surface area contributed by atoms with Gasteiger partial charge < -0.3 is 5.73 Å². The van der Waals surface area contributed by atoms with Crippen molar-refractivity contribution >= 4 is 17.2 Å². The maximum atomic E-state index is 7.30. The molecule has 2 aromatic rings. The number of rotatable bonds is 4. The molecule has 20 heavy (non-hydrogen) atoms. The Morgan fingerprint density at radius 3 is 2.70 bits per heavy atom. The van der Waals surface area contributed by atoms with Gasteiger partial charge in [0.2, 0.25) is 0 Å². The number of benzene rings is 1. The third-order valence-corrected chi connectivity index (χ3v) is 4.02. The molecule has 106 valence electrons. The smallest absolute Gasteiger partial charge is 0.123 e. The molecule has 0 fully saturated rings. The van der Waals surface area contributed by atoms with Gasteiger partial charge in [-0.25, -0.2) is 4.98 Å². The van der Waals surface area contributed by atoms with E-state index in [1.807, 2.05) is 6.07 Å². The predicted molar refractivity (Wildman–Crippen MR) is 86.5 cm³/mol. The fourth-order valence-corrected chi connectivity index (χ4v) is 2.93. The normalized spacial score (nSPS) is 11.6. The molecule has 1 aromatic carbocycles. The van der Waals surface area contributed by atoms with Gasteiger partial charge in [-0.3, -0.25) is 5.41 Å². The molecule has 0 aliphatic carbocycles. The molecule has 0 atom stereocenters. The average Bonchev–Trinajstić information content (AvgIpc) is 2.86. The highest BCUT2D eigenvalue weighted by Gasteiger charge is 2.17. The molecule has 0 radical (unpaired) electrons. The van der Waals surface area contributed by atoms with Crippen LogP contribution < -0.4 is 5.73 Å². The van der Waals surface area contributed by atoms with Crippen molar-refractivity contribution in [2.45, 2.75) is 39.0 Å². The standard InChI is InChI=1S/C16H21N3S/c1-16(2,3)13-10-20-15(19-13)12-6-4-5-11(9-12)7-8-14(17)18/h4-6,9-10H,7-8H2,1-3H3,(H3,17,18). The molecule has 1 aromatic heterocycles. The molecule has 0 saturated heterocycles. The van der Waals surface area contributed by atoms with Crippen LogP contribution in [0.25, 0.3) is 10.6 Å². The van der Waals surface area contributed by atoms with E-state index in [1.54, 1.807) is 11.3 Å². The molecule has 0 amide bonds. The number of aromatic nitrogens is 1. The Balaban J connectivity index is 2.22. The van der Waals surface area contributed by atoms with Crippen molar-refractivity contribution in [1.29, 1.82) is 5.41 Å². The number of nitrogens with zero attached hydrogens (tertiary/aromatic N) is 1. The highest BCUT2D eigenvalue weighted by atomic mass is 32.1. The van der Waals surface area contributed by atoms with Gasteiger partial charge in [-0.05, 0) is 18.1 Å². The van der Waals surface area contributed by atoms with Gasteiger partial charge in [0.05, 0.1) is 11.5 Å². The Hall–Kier alpha value is -1.68. The van der Waals surface area contributed by atoms with Crippen LogP contribution in [0.1, 0.15) is 38.4 Å². The van der Waals surface area contributed by atoms with Gasteiger partial charge in [-0.1, -0.05) is 39.0 Å². The second-order valence-electron chi connectivity index (χ2n) is 6.01. The SMILES string of the molecule is CC(C)(C)c1csc(-c2cccc(CCC(=N)N)c2)n1. The van der Waals surface area contributed by atoms with Crippen LogP contribution in [0.3, 0.4) is 0 Å². The summed E-state index contributed by atoms with van der Waals surface area (Å²) in [6.07, 6.45) is 1.41. The van der Waals surface area contributed by atoms with E-state index < -0.39 is 0 Å². The molecule has 1 heterocycles. The van der Waals surface area contributed by atoms with Crippen LogP contribution in [0.2, 0.25) is 0 Å². The lowest BCUT2D eigenvalue weighted by Crippen LogP contribution is -2.11. The topological polar surface area (TPSA) is 62.8 Å². The zero-order valence-electron chi connectivity index (χ0n) is 12.2. The minimum atomic E-state index is 0.0843. The molecule has 2 rings (SSSR count). The Bertz CT molecular complexity index is 608. The second kappa shape index (κ2) is 5.75. The molecule has 0 bridgehead atoms. The van der Waals surface area contributed by atoms with E-state index in [-0.39, 0.29) is 11.3 Å². The van der Waals surface area contributed by atoms with Crippen LogP contribution in [0, 0.1) is 5.41 Å². The van der Waals surface area contributed by atoms with Gasteiger partial charge in [-0.2, -0.15) is 0 Å². The van der Waals surface area contributed by atoms with E-state index in [0.29, 0.717) is 6.42 Å². The third kappa shape index (κ3) is 3.67. The van der Waals surface area contributed by atoms with Gasteiger partial charge >= 0.3 is 0 Å². The van der Waals surface area contributed by atoms with Gasteiger partial charge in [0.15, 0.2) is 0 Å². The van der Waals surface area contributed by atoms with E-state index in [4.69, 9.17) is 16.1 Å². The van der Waals surface area contributed by atoms with Crippen LogP contribution >= 0.6 is 11.3 Å². The summed E-state index contributed by atoms with van der Waals surface area (Å²) < 4.78 is 0. The third-order valence-electron chi connectivity index (χ3n) is 3.13. The van der Waals surface area contributed by atoms with E-state index in [2.05, 4.69) is 44.4 Å². The fraction of sp³-hybridized carbons (Fsp3) is 0.375. The van der Waals surface area contributed by atoms with Crippen molar-refractivity contribution in [1.82, 2.24) is 4.98 Å². The summed E-state index contributed by atoms with van der Waals surface area (Å²) in [6.45, 7) is 6.53. The van der Waals surface area contributed by atoms with Gasteiger partial charge in [0, 0.05) is 22.8 Å². The highest BCUT2D eigenvalue weighted by molar-refractivity contribution is 7.13.